The lowest BCUT2D eigenvalue weighted by atomic mass is 10.0. The van der Waals surface area contributed by atoms with Crippen LogP contribution in [0.1, 0.15) is 19.4 Å². The first-order valence-corrected chi connectivity index (χ1v) is 10.2. The molecule has 0 radical (unpaired) electrons. The Labute approximate surface area is 192 Å². The molecule has 176 valence electrons. The molecule has 2 aromatic rings. The molecule has 0 spiro atoms. The number of barbiturate groups is 1. The van der Waals surface area contributed by atoms with Crippen molar-refractivity contribution in [2.75, 3.05) is 24.9 Å². The number of imide groups is 2. The largest absolute Gasteiger partial charge is 0.494 e. The third-order valence-electron chi connectivity index (χ3n) is 4.90. The zero-order chi connectivity index (χ0) is 24.4. The number of fused-ring (bicyclic) bond motifs is 1. The Hall–Kier alpha value is -4.61. The first kappa shape index (κ1) is 22.6. The number of nitro groups is 1. The molecule has 1 saturated heterocycles. The van der Waals surface area contributed by atoms with Gasteiger partial charge in [-0.05, 0) is 38.1 Å². The van der Waals surface area contributed by atoms with Gasteiger partial charge in [0.2, 0.25) is 6.79 Å². The van der Waals surface area contributed by atoms with Gasteiger partial charge < -0.3 is 18.9 Å². The number of ether oxygens (including phenoxy) is 4. The van der Waals surface area contributed by atoms with Crippen molar-refractivity contribution in [3.8, 4) is 23.0 Å². The summed E-state index contributed by atoms with van der Waals surface area (Å²) < 4.78 is 21.4. The highest BCUT2D eigenvalue weighted by atomic mass is 16.7. The maximum atomic E-state index is 13.3. The van der Waals surface area contributed by atoms with Crippen LogP contribution in [-0.4, -0.2) is 42.8 Å². The van der Waals surface area contributed by atoms with Crippen LogP contribution < -0.4 is 29.2 Å². The minimum absolute atomic E-state index is 0.0499. The molecular weight excluding hydrogens is 450 g/mol. The van der Waals surface area contributed by atoms with E-state index in [9.17, 15) is 24.5 Å². The van der Waals surface area contributed by atoms with E-state index in [0.717, 1.165) is 17.0 Å². The second-order valence-corrected chi connectivity index (χ2v) is 6.97. The van der Waals surface area contributed by atoms with E-state index >= 15 is 0 Å². The van der Waals surface area contributed by atoms with Gasteiger partial charge >= 0.3 is 6.03 Å². The van der Waals surface area contributed by atoms with Gasteiger partial charge in [0.25, 0.3) is 17.5 Å². The molecule has 2 aliphatic rings. The summed E-state index contributed by atoms with van der Waals surface area (Å²) >= 11 is 0. The number of carbonyl (C=O) groups is 3. The summed E-state index contributed by atoms with van der Waals surface area (Å²) in [4.78, 5) is 50.2. The number of nitrogens with zero attached hydrogens (tertiary/aromatic N) is 2. The average Bonchev–Trinajstić information content (AvgIpc) is 3.25. The molecule has 0 bridgehead atoms. The van der Waals surface area contributed by atoms with Crippen molar-refractivity contribution in [3.63, 3.8) is 0 Å². The number of nitrogens with one attached hydrogen (secondary N) is 1. The molecule has 0 unspecified atom stereocenters. The molecule has 2 aromatic carbocycles. The van der Waals surface area contributed by atoms with Crippen LogP contribution >= 0.6 is 0 Å². The highest BCUT2D eigenvalue weighted by Crippen LogP contribution is 2.40. The Morgan fingerprint density at radius 3 is 2.47 bits per heavy atom. The van der Waals surface area contributed by atoms with E-state index in [4.69, 9.17) is 18.9 Å². The van der Waals surface area contributed by atoms with Crippen molar-refractivity contribution < 1.29 is 38.3 Å². The van der Waals surface area contributed by atoms with Crippen LogP contribution in [0.2, 0.25) is 0 Å². The fourth-order valence-electron chi connectivity index (χ4n) is 3.46. The van der Waals surface area contributed by atoms with Gasteiger partial charge in [-0.1, -0.05) is 0 Å². The van der Waals surface area contributed by atoms with Crippen molar-refractivity contribution in [2.45, 2.75) is 13.8 Å². The summed E-state index contributed by atoms with van der Waals surface area (Å²) in [5.74, 6) is -1.03. The standard InChI is InChI=1S/C22H19N3O9/c1-3-31-13-5-6-17(32-4-2)16(9-13)24-21(27)14(20(26)23-22(24)28)7-12-8-18-19(34-11-33-18)10-15(12)25(29)30/h5-10H,3-4,11H2,1-2H3,(H,23,26,28)/b14-7-. The van der Waals surface area contributed by atoms with Crippen molar-refractivity contribution in [3.05, 3.63) is 51.6 Å². The van der Waals surface area contributed by atoms with Crippen LogP contribution in [-0.2, 0) is 9.59 Å². The Bertz CT molecular complexity index is 1240. The number of urea groups is 1. The number of carbonyl (C=O) groups excluding carboxylic acids is 3. The minimum Gasteiger partial charge on any atom is -0.494 e. The summed E-state index contributed by atoms with van der Waals surface area (Å²) in [6.45, 7) is 3.96. The van der Waals surface area contributed by atoms with Gasteiger partial charge in [0.05, 0.1) is 35.5 Å². The summed E-state index contributed by atoms with van der Waals surface area (Å²) in [5, 5.41) is 13.7. The number of amides is 4. The topological polar surface area (TPSA) is 147 Å². The molecule has 12 heteroatoms. The Morgan fingerprint density at radius 1 is 1.09 bits per heavy atom. The molecule has 4 rings (SSSR count). The summed E-state index contributed by atoms with van der Waals surface area (Å²) in [6, 6.07) is 6.01. The normalized spacial score (nSPS) is 16.0. The predicted octanol–water partition coefficient (Wildman–Crippen LogP) is 2.79. The molecule has 0 saturated carbocycles. The highest BCUT2D eigenvalue weighted by molar-refractivity contribution is 6.39. The fourth-order valence-corrected chi connectivity index (χ4v) is 3.46. The first-order valence-electron chi connectivity index (χ1n) is 10.2. The van der Waals surface area contributed by atoms with Gasteiger partial charge in [0, 0.05) is 6.07 Å². The summed E-state index contributed by atoms with van der Waals surface area (Å²) in [7, 11) is 0. The lowest BCUT2D eigenvalue weighted by Crippen LogP contribution is -2.54. The fraction of sp³-hybridized carbons (Fsp3) is 0.227. The summed E-state index contributed by atoms with van der Waals surface area (Å²) in [5.41, 5.74) is -0.927. The Kier molecular flexibility index (Phi) is 6.04. The molecule has 12 nitrogen and oxygen atoms in total. The van der Waals surface area contributed by atoms with Gasteiger partial charge in [0.15, 0.2) is 11.5 Å². The molecule has 0 atom stereocenters. The second kappa shape index (κ2) is 9.10. The summed E-state index contributed by atoms with van der Waals surface area (Å²) in [6.07, 6.45) is 1.03. The SMILES string of the molecule is CCOc1ccc(OCC)c(N2C(=O)NC(=O)/C(=C/c3cc4c(cc3[N+](=O)[O-])OCO4)C2=O)c1. The van der Waals surface area contributed by atoms with E-state index in [1.165, 1.54) is 18.2 Å². The second-order valence-electron chi connectivity index (χ2n) is 6.97. The number of hydrogen-bond donors (Lipinski definition) is 1. The zero-order valence-corrected chi connectivity index (χ0v) is 18.2. The number of rotatable bonds is 7. The molecule has 34 heavy (non-hydrogen) atoms. The molecular formula is C22H19N3O9. The highest BCUT2D eigenvalue weighted by Gasteiger charge is 2.39. The van der Waals surface area contributed by atoms with Gasteiger partial charge in [-0.25, -0.2) is 9.69 Å². The number of anilines is 1. The Morgan fingerprint density at radius 2 is 1.79 bits per heavy atom. The molecule has 2 aliphatic heterocycles. The molecule has 1 N–H and O–H groups in total. The maximum Gasteiger partial charge on any atom is 0.336 e. The van der Waals surface area contributed by atoms with Crippen LogP contribution in [0.25, 0.3) is 6.08 Å². The first-order chi connectivity index (χ1) is 16.3. The number of nitro benzene ring substituents is 1. The quantitative estimate of drug-likeness (QED) is 0.280. The molecule has 2 heterocycles. The zero-order valence-electron chi connectivity index (χ0n) is 18.2. The van der Waals surface area contributed by atoms with Gasteiger partial charge in [0.1, 0.15) is 17.1 Å². The lowest BCUT2D eigenvalue weighted by Gasteiger charge is -2.28. The smallest absolute Gasteiger partial charge is 0.336 e. The minimum atomic E-state index is -1.00. The predicted molar refractivity (Wildman–Crippen MR) is 117 cm³/mol. The van der Waals surface area contributed by atoms with E-state index in [1.54, 1.807) is 19.9 Å². The average molecular weight is 469 g/mol. The van der Waals surface area contributed by atoms with E-state index in [-0.39, 0.29) is 41.9 Å². The van der Waals surface area contributed by atoms with Crippen molar-refractivity contribution in [1.29, 1.82) is 0 Å². The van der Waals surface area contributed by atoms with Crippen LogP contribution in [0.3, 0.4) is 0 Å². The third kappa shape index (κ3) is 4.08. The van der Waals surface area contributed by atoms with E-state index < -0.39 is 34.0 Å². The van der Waals surface area contributed by atoms with Crippen molar-refractivity contribution >= 4 is 35.3 Å². The lowest BCUT2D eigenvalue weighted by molar-refractivity contribution is -0.385. The van der Waals surface area contributed by atoms with Crippen molar-refractivity contribution in [2.24, 2.45) is 0 Å². The number of hydrogen-bond acceptors (Lipinski definition) is 9. The molecule has 1 fully saturated rings. The molecule has 4 amide bonds. The monoisotopic (exact) mass is 469 g/mol. The van der Waals surface area contributed by atoms with E-state index in [1.807, 2.05) is 0 Å². The van der Waals surface area contributed by atoms with Crippen LogP contribution in [0.5, 0.6) is 23.0 Å². The van der Waals surface area contributed by atoms with E-state index in [2.05, 4.69) is 5.32 Å². The third-order valence-corrected chi connectivity index (χ3v) is 4.90. The van der Waals surface area contributed by atoms with Crippen LogP contribution in [0.4, 0.5) is 16.2 Å². The maximum absolute atomic E-state index is 13.3. The van der Waals surface area contributed by atoms with E-state index in [0.29, 0.717) is 12.4 Å². The van der Waals surface area contributed by atoms with Crippen LogP contribution in [0, 0.1) is 10.1 Å². The van der Waals surface area contributed by atoms with Crippen molar-refractivity contribution in [1.82, 2.24) is 5.32 Å². The molecule has 0 aromatic heterocycles. The van der Waals surface area contributed by atoms with Crippen LogP contribution in [0.15, 0.2) is 35.9 Å². The Balaban J connectivity index is 1.81. The van der Waals surface area contributed by atoms with Gasteiger partial charge in [-0.2, -0.15) is 0 Å². The van der Waals surface area contributed by atoms with Gasteiger partial charge in [-0.3, -0.25) is 25.0 Å². The number of benzene rings is 2. The molecule has 0 aliphatic carbocycles. The van der Waals surface area contributed by atoms with Gasteiger partial charge in [-0.15, -0.1) is 0 Å².